The Morgan fingerprint density at radius 2 is 2.35 bits per heavy atom. The first-order valence-electron chi connectivity index (χ1n) is 6.20. The van der Waals surface area contributed by atoms with Crippen LogP contribution in [0.15, 0.2) is 0 Å². The van der Waals surface area contributed by atoms with Crippen LogP contribution in [0.4, 0.5) is 5.95 Å². The van der Waals surface area contributed by atoms with E-state index < -0.39 is 0 Å². The second-order valence-corrected chi connectivity index (χ2v) is 5.12. The standard InChI is InChI=1S/C11H21N5S/c1-4-16-10(12-13-11(16)17)15(3)8-9-6-5-7-14(9)2/h9H,4-8H2,1-3H3,(H,13,17). The number of nitrogens with zero attached hydrogens (tertiary/aromatic N) is 4. The van der Waals surface area contributed by atoms with Crippen LogP contribution in [-0.4, -0.2) is 52.9 Å². The van der Waals surface area contributed by atoms with Gasteiger partial charge in [0.2, 0.25) is 5.95 Å². The van der Waals surface area contributed by atoms with Gasteiger partial charge in [-0.2, -0.15) is 0 Å². The van der Waals surface area contributed by atoms with Crippen LogP contribution in [0.1, 0.15) is 19.8 Å². The van der Waals surface area contributed by atoms with Crippen LogP contribution in [0.25, 0.3) is 0 Å². The molecule has 1 N–H and O–H groups in total. The molecule has 1 fully saturated rings. The average Bonchev–Trinajstić information content (AvgIpc) is 2.86. The molecule has 0 amide bonds. The molecule has 0 radical (unpaired) electrons. The van der Waals surface area contributed by atoms with Gasteiger partial charge in [0.1, 0.15) is 0 Å². The first-order valence-corrected chi connectivity index (χ1v) is 6.61. The van der Waals surface area contributed by atoms with E-state index in [1.807, 2.05) is 4.57 Å². The molecule has 17 heavy (non-hydrogen) atoms. The molecule has 0 spiro atoms. The van der Waals surface area contributed by atoms with Crippen molar-refractivity contribution < 1.29 is 0 Å². The van der Waals surface area contributed by atoms with Crippen molar-refractivity contribution in [2.45, 2.75) is 32.4 Å². The van der Waals surface area contributed by atoms with Crippen LogP contribution in [0.5, 0.6) is 0 Å². The molecule has 0 aliphatic carbocycles. The normalized spacial score (nSPS) is 21.0. The molecule has 1 atom stereocenters. The summed E-state index contributed by atoms with van der Waals surface area (Å²) in [7, 11) is 4.28. The van der Waals surface area contributed by atoms with Gasteiger partial charge in [-0.1, -0.05) is 0 Å². The summed E-state index contributed by atoms with van der Waals surface area (Å²) >= 11 is 5.20. The molecule has 0 saturated carbocycles. The summed E-state index contributed by atoms with van der Waals surface area (Å²) in [5.41, 5.74) is 0. The second kappa shape index (κ2) is 5.18. The molecule has 1 aliphatic rings. The number of nitrogens with one attached hydrogen (secondary N) is 1. The number of aromatic nitrogens is 3. The molecule has 5 nitrogen and oxygen atoms in total. The van der Waals surface area contributed by atoms with E-state index in [1.165, 1.54) is 19.4 Å². The highest BCUT2D eigenvalue weighted by Gasteiger charge is 2.23. The quantitative estimate of drug-likeness (QED) is 0.828. The Morgan fingerprint density at radius 1 is 1.59 bits per heavy atom. The zero-order valence-electron chi connectivity index (χ0n) is 10.8. The van der Waals surface area contributed by atoms with Gasteiger partial charge in [0.25, 0.3) is 0 Å². The van der Waals surface area contributed by atoms with Gasteiger partial charge in [-0.05, 0) is 45.6 Å². The third-order valence-electron chi connectivity index (χ3n) is 3.55. The maximum Gasteiger partial charge on any atom is 0.225 e. The molecule has 1 unspecified atom stereocenters. The molecule has 2 heterocycles. The predicted molar refractivity (Wildman–Crippen MR) is 72.0 cm³/mol. The lowest BCUT2D eigenvalue weighted by atomic mass is 10.2. The maximum atomic E-state index is 5.20. The van der Waals surface area contributed by atoms with Crippen molar-refractivity contribution in [3.05, 3.63) is 4.77 Å². The van der Waals surface area contributed by atoms with Gasteiger partial charge in [0.15, 0.2) is 4.77 Å². The largest absolute Gasteiger partial charge is 0.342 e. The number of hydrogen-bond donors (Lipinski definition) is 1. The Kier molecular flexibility index (Phi) is 3.83. The van der Waals surface area contributed by atoms with Crippen LogP contribution < -0.4 is 4.90 Å². The van der Waals surface area contributed by atoms with E-state index in [-0.39, 0.29) is 0 Å². The molecule has 0 bridgehead atoms. The van der Waals surface area contributed by atoms with Gasteiger partial charge in [0, 0.05) is 26.2 Å². The summed E-state index contributed by atoms with van der Waals surface area (Å²) in [5.74, 6) is 0.942. The van der Waals surface area contributed by atoms with Crippen LogP contribution >= 0.6 is 12.2 Å². The first kappa shape index (κ1) is 12.6. The molecule has 1 aromatic heterocycles. The highest BCUT2D eigenvalue weighted by Crippen LogP contribution is 2.18. The Labute approximate surface area is 107 Å². The van der Waals surface area contributed by atoms with Crippen LogP contribution in [-0.2, 0) is 6.54 Å². The molecule has 1 saturated heterocycles. The molecule has 1 aromatic rings. The summed E-state index contributed by atoms with van der Waals surface area (Å²) in [4.78, 5) is 4.62. The van der Waals surface area contributed by atoms with E-state index in [9.17, 15) is 0 Å². The van der Waals surface area contributed by atoms with E-state index in [4.69, 9.17) is 12.2 Å². The molecule has 96 valence electrons. The number of H-pyrrole nitrogens is 1. The molecule has 6 heteroatoms. The second-order valence-electron chi connectivity index (χ2n) is 4.73. The lowest BCUT2D eigenvalue weighted by Crippen LogP contribution is -2.37. The van der Waals surface area contributed by atoms with E-state index in [1.54, 1.807) is 0 Å². The number of aromatic amines is 1. The van der Waals surface area contributed by atoms with E-state index in [2.05, 4.69) is 41.0 Å². The zero-order valence-corrected chi connectivity index (χ0v) is 11.6. The minimum atomic E-state index is 0.635. The highest BCUT2D eigenvalue weighted by molar-refractivity contribution is 7.71. The van der Waals surface area contributed by atoms with Gasteiger partial charge in [-0.3, -0.25) is 4.57 Å². The monoisotopic (exact) mass is 255 g/mol. The lowest BCUT2D eigenvalue weighted by molar-refractivity contribution is 0.313. The zero-order chi connectivity index (χ0) is 12.4. The summed E-state index contributed by atoms with van der Waals surface area (Å²) in [6.45, 7) is 5.16. The fourth-order valence-corrected chi connectivity index (χ4v) is 2.75. The average molecular weight is 255 g/mol. The first-order chi connectivity index (χ1) is 8.13. The van der Waals surface area contributed by atoms with Crippen molar-refractivity contribution in [1.82, 2.24) is 19.7 Å². The number of likely N-dealkylation sites (tertiary alicyclic amines) is 1. The number of likely N-dealkylation sites (N-methyl/N-ethyl adjacent to an activating group) is 2. The number of anilines is 1. The summed E-state index contributed by atoms with van der Waals surface area (Å²) in [6, 6.07) is 0.635. The molecular formula is C11H21N5S. The van der Waals surface area contributed by atoms with Gasteiger partial charge in [-0.25, -0.2) is 5.10 Å². The van der Waals surface area contributed by atoms with Gasteiger partial charge >= 0.3 is 0 Å². The smallest absolute Gasteiger partial charge is 0.225 e. The van der Waals surface area contributed by atoms with E-state index in [0.29, 0.717) is 10.8 Å². The summed E-state index contributed by atoms with van der Waals surface area (Å²) < 4.78 is 2.73. The van der Waals surface area contributed by atoms with Crippen molar-refractivity contribution in [2.75, 3.05) is 32.1 Å². The van der Waals surface area contributed by atoms with E-state index >= 15 is 0 Å². The molecule has 0 aromatic carbocycles. The van der Waals surface area contributed by atoms with Crippen molar-refractivity contribution >= 4 is 18.2 Å². The highest BCUT2D eigenvalue weighted by atomic mass is 32.1. The molecule has 1 aliphatic heterocycles. The minimum absolute atomic E-state index is 0.635. The molecule has 2 rings (SSSR count). The fraction of sp³-hybridized carbons (Fsp3) is 0.818. The number of hydrogen-bond acceptors (Lipinski definition) is 4. The van der Waals surface area contributed by atoms with Crippen LogP contribution in [0.3, 0.4) is 0 Å². The van der Waals surface area contributed by atoms with Crippen molar-refractivity contribution in [2.24, 2.45) is 0 Å². The Balaban J connectivity index is 2.08. The van der Waals surface area contributed by atoms with Crippen molar-refractivity contribution in [1.29, 1.82) is 0 Å². The van der Waals surface area contributed by atoms with Crippen molar-refractivity contribution in [3.8, 4) is 0 Å². The van der Waals surface area contributed by atoms with Crippen LogP contribution in [0, 0.1) is 4.77 Å². The third-order valence-corrected chi connectivity index (χ3v) is 3.86. The Hall–Kier alpha value is -0.880. The summed E-state index contributed by atoms with van der Waals surface area (Å²) in [5, 5.41) is 7.17. The Morgan fingerprint density at radius 3 is 2.94 bits per heavy atom. The topological polar surface area (TPSA) is 40.1 Å². The van der Waals surface area contributed by atoms with Gasteiger partial charge in [0.05, 0.1) is 0 Å². The van der Waals surface area contributed by atoms with E-state index in [0.717, 1.165) is 19.0 Å². The number of rotatable bonds is 4. The van der Waals surface area contributed by atoms with Crippen LogP contribution in [0.2, 0.25) is 0 Å². The third kappa shape index (κ3) is 2.52. The maximum absolute atomic E-state index is 5.20. The SMILES string of the molecule is CCn1c(N(C)CC2CCCN2C)n[nH]c1=S. The fourth-order valence-electron chi connectivity index (χ4n) is 2.49. The van der Waals surface area contributed by atoms with Gasteiger partial charge in [-0.15, -0.1) is 5.10 Å². The van der Waals surface area contributed by atoms with Gasteiger partial charge < -0.3 is 9.80 Å². The minimum Gasteiger partial charge on any atom is -0.342 e. The lowest BCUT2D eigenvalue weighted by Gasteiger charge is -2.26. The summed E-state index contributed by atoms with van der Waals surface area (Å²) in [6.07, 6.45) is 2.58. The molecular weight excluding hydrogens is 234 g/mol. The predicted octanol–water partition coefficient (Wildman–Crippen LogP) is 1.49. The van der Waals surface area contributed by atoms with Crippen molar-refractivity contribution in [3.63, 3.8) is 0 Å². The Bertz CT molecular complexity index is 424.